The Kier molecular flexibility index (Phi) is 12.5. The van der Waals surface area contributed by atoms with E-state index in [1.165, 1.54) is 7.11 Å². The number of carboxylic acids is 1. The van der Waals surface area contributed by atoms with Gasteiger partial charge in [-0.05, 0) is 37.5 Å². The molecule has 8 nitrogen and oxygen atoms in total. The van der Waals surface area contributed by atoms with Gasteiger partial charge in [-0.15, -0.1) is 0 Å². The number of carbonyl (C=O) groups is 2. The number of hydrogen-bond donors (Lipinski definition) is 1. The maximum absolute atomic E-state index is 11.9. The highest BCUT2D eigenvalue weighted by Crippen LogP contribution is 2.15. The predicted molar refractivity (Wildman–Crippen MR) is 108 cm³/mol. The Labute approximate surface area is 172 Å². The van der Waals surface area contributed by atoms with E-state index in [4.69, 9.17) is 24.1 Å². The van der Waals surface area contributed by atoms with Crippen molar-refractivity contribution >= 4 is 12.1 Å². The van der Waals surface area contributed by atoms with Crippen molar-refractivity contribution < 1.29 is 33.6 Å². The Morgan fingerprint density at radius 2 is 1.79 bits per heavy atom. The Balaban J connectivity index is 2.45. The number of aliphatic carboxylic acids is 1. The molecular formula is C21H33NO7. The molecule has 0 aliphatic heterocycles. The summed E-state index contributed by atoms with van der Waals surface area (Å²) in [6.45, 7) is 6.73. The highest BCUT2D eigenvalue weighted by atomic mass is 16.5. The Bertz CT molecular complexity index is 591. The quantitative estimate of drug-likeness (QED) is 0.443. The largest absolute Gasteiger partial charge is 0.492 e. The van der Waals surface area contributed by atoms with Gasteiger partial charge in [-0.3, -0.25) is 0 Å². The van der Waals surface area contributed by atoms with Crippen molar-refractivity contribution in [1.82, 2.24) is 4.90 Å². The highest BCUT2D eigenvalue weighted by molar-refractivity contribution is 5.72. The molecule has 1 rings (SSSR count). The van der Waals surface area contributed by atoms with E-state index in [0.29, 0.717) is 45.1 Å². The van der Waals surface area contributed by atoms with Gasteiger partial charge < -0.3 is 29.0 Å². The molecule has 0 aliphatic carbocycles. The predicted octanol–water partition coefficient (Wildman–Crippen LogP) is 2.98. The van der Waals surface area contributed by atoms with Crippen molar-refractivity contribution in [3.05, 3.63) is 29.8 Å². The molecule has 1 atom stereocenters. The molecule has 1 aromatic rings. The van der Waals surface area contributed by atoms with Crippen LogP contribution in [0.4, 0.5) is 4.79 Å². The SMILES string of the molecule is CCCOCCCN(CCOc1ccc(CC(OCC)C(=O)O)cc1)C(=O)OC. The lowest BCUT2D eigenvalue weighted by Crippen LogP contribution is -2.35. The molecule has 0 bridgehead atoms. The van der Waals surface area contributed by atoms with Crippen LogP contribution in [0.15, 0.2) is 24.3 Å². The summed E-state index contributed by atoms with van der Waals surface area (Å²) in [5.74, 6) is -0.330. The fourth-order valence-corrected chi connectivity index (χ4v) is 2.66. The van der Waals surface area contributed by atoms with Crippen LogP contribution < -0.4 is 4.74 Å². The first-order valence-corrected chi connectivity index (χ1v) is 9.98. The van der Waals surface area contributed by atoms with Gasteiger partial charge in [-0.2, -0.15) is 0 Å². The fourth-order valence-electron chi connectivity index (χ4n) is 2.66. The molecule has 0 saturated heterocycles. The number of amides is 1. The Hall–Kier alpha value is -2.32. The molecule has 0 saturated carbocycles. The van der Waals surface area contributed by atoms with Crippen LogP contribution >= 0.6 is 0 Å². The zero-order chi connectivity index (χ0) is 21.5. The first-order valence-electron chi connectivity index (χ1n) is 9.98. The van der Waals surface area contributed by atoms with E-state index in [-0.39, 0.29) is 0 Å². The van der Waals surface area contributed by atoms with Crippen LogP contribution in [0.1, 0.15) is 32.3 Å². The van der Waals surface area contributed by atoms with Gasteiger partial charge in [0.15, 0.2) is 6.10 Å². The summed E-state index contributed by atoms with van der Waals surface area (Å²) < 4.78 is 21.2. The van der Waals surface area contributed by atoms with Crippen molar-refractivity contribution in [3.8, 4) is 5.75 Å². The number of nitrogens with zero attached hydrogens (tertiary/aromatic N) is 1. The molecule has 0 spiro atoms. The second kappa shape index (κ2) is 14.6. The van der Waals surface area contributed by atoms with Gasteiger partial charge in [0.25, 0.3) is 0 Å². The molecule has 0 aliphatic rings. The monoisotopic (exact) mass is 411 g/mol. The number of ether oxygens (including phenoxy) is 4. The zero-order valence-corrected chi connectivity index (χ0v) is 17.6. The lowest BCUT2D eigenvalue weighted by Gasteiger charge is -2.21. The lowest BCUT2D eigenvalue weighted by atomic mass is 10.1. The van der Waals surface area contributed by atoms with E-state index in [0.717, 1.165) is 25.0 Å². The van der Waals surface area contributed by atoms with Crippen molar-refractivity contribution in [2.24, 2.45) is 0 Å². The third-order valence-corrected chi connectivity index (χ3v) is 4.12. The smallest absolute Gasteiger partial charge is 0.409 e. The molecule has 0 aromatic heterocycles. The molecule has 1 amide bonds. The number of methoxy groups -OCH3 is 1. The Morgan fingerprint density at radius 3 is 2.38 bits per heavy atom. The van der Waals surface area contributed by atoms with E-state index in [1.807, 2.05) is 19.1 Å². The van der Waals surface area contributed by atoms with Crippen LogP contribution in [0.5, 0.6) is 5.75 Å². The maximum Gasteiger partial charge on any atom is 0.409 e. The van der Waals surface area contributed by atoms with Crippen molar-refractivity contribution in [2.75, 3.05) is 46.6 Å². The van der Waals surface area contributed by atoms with E-state index < -0.39 is 18.2 Å². The molecule has 1 aromatic carbocycles. The molecular weight excluding hydrogens is 378 g/mol. The van der Waals surface area contributed by atoms with Gasteiger partial charge in [0.1, 0.15) is 12.4 Å². The standard InChI is InChI=1S/C21H33NO7/c1-4-13-27-14-6-11-22(21(25)26-3)12-15-29-18-9-7-17(8-10-18)16-19(20(23)24)28-5-2/h7-10,19H,4-6,11-16H2,1-3H3,(H,23,24). The highest BCUT2D eigenvalue weighted by Gasteiger charge is 2.18. The second-order valence-corrected chi connectivity index (χ2v) is 6.40. The third-order valence-electron chi connectivity index (χ3n) is 4.12. The van der Waals surface area contributed by atoms with Crippen LogP contribution in [-0.4, -0.2) is 74.8 Å². The third kappa shape index (κ3) is 10.1. The first kappa shape index (κ1) is 24.7. The molecule has 1 N–H and O–H groups in total. The van der Waals surface area contributed by atoms with Crippen LogP contribution in [0, 0.1) is 0 Å². The van der Waals surface area contributed by atoms with Crippen LogP contribution in [0.3, 0.4) is 0 Å². The lowest BCUT2D eigenvalue weighted by molar-refractivity contribution is -0.149. The summed E-state index contributed by atoms with van der Waals surface area (Å²) in [4.78, 5) is 24.6. The van der Waals surface area contributed by atoms with Gasteiger partial charge in [-0.25, -0.2) is 9.59 Å². The van der Waals surface area contributed by atoms with Gasteiger partial charge in [0.05, 0.1) is 13.7 Å². The topological polar surface area (TPSA) is 94.5 Å². The van der Waals surface area contributed by atoms with Crippen molar-refractivity contribution in [1.29, 1.82) is 0 Å². The summed E-state index contributed by atoms with van der Waals surface area (Å²) in [6.07, 6.45) is 0.737. The molecule has 0 heterocycles. The van der Waals surface area contributed by atoms with Crippen LogP contribution in [0.25, 0.3) is 0 Å². The van der Waals surface area contributed by atoms with Crippen molar-refractivity contribution in [3.63, 3.8) is 0 Å². The molecule has 1 unspecified atom stereocenters. The molecule has 0 fully saturated rings. The minimum atomic E-state index is -0.977. The average molecular weight is 411 g/mol. The summed E-state index contributed by atoms with van der Waals surface area (Å²) in [5, 5.41) is 9.16. The molecule has 8 heteroatoms. The summed E-state index contributed by atoms with van der Waals surface area (Å²) >= 11 is 0. The van der Waals surface area contributed by atoms with E-state index in [1.54, 1.807) is 24.0 Å². The maximum atomic E-state index is 11.9. The fraction of sp³-hybridized carbons (Fsp3) is 0.619. The second-order valence-electron chi connectivity index (χ2n) is 6.40. The van der Waals surface area contributed by atoms with Crippen LogP contribution in [0.2, 0.25) is 0 Å². The molecule has 29 heavy (non-hydrogen) atoms. The number of benzene rings is 1. The number of hydrogen-bond acceptors (Lipinski definition) is 6. The zero-order valence-electron chi connectivity index (χ0n) is 17.6. The summed E-state index contributed by atoms with van der Waals surface area (Å²) in [6, 6.07) is 7.18. The normalized spacial score (nSPS) is 11.7. The van der Waals surface area contributed by atoms with Crippen LogP contribution in [-0.2, 0) is 25.4 Å². The minimum absolute atomic E-state index is 0.291. The molecule has 0 radical (unpaired) electrons. The van der Waals surface area contributed by atoms with Gasteiger partial charge in [-0.1, -0.05) is 19.1 Å². The van der Waals surface area contributed by atoms with Gasteiger partial charge in [0, 0.05) is 32.8 Å². The number of carbonyl (C=O) groups excluding carboxylic acids is 1. The van der Waals surface area contributed by atoms with E-state index in [2.05, 4.69) is 0 Å². The summed E-state index contributed by atoms with van der Waals surface area (Å²) in [7, 11) is 1.36. The molecule has 164 valence electrons. The number of carboxylic acid groups (broad SMARTS) is 1. The van der Waals surface area contributed by atoms with E-state index in [9.17, 15) is 9.59 Å². The summed E-state index contributed by atoms with van der Waals surface area (Å²) in [5.41, 5.74) is 0.849. The Morgan fingerprint density at radius 1 is 1.07 bits per heavy atom. The minimum Gasteiger partial charge on any atom is -0.492 e. The average Bonchev–Trinajstić information content (AvgIpc) is 2.72. The number of rotatable bonds is 15. The van der Waals surface area contributed by atoms with Gasteiger partial charge in [0.2, 0.25) is 0 Å². The first-order chi connectivity index (χ1) is 14.0. The van der Waals surface area contributed by atoms with Gasteiger partial charge >= 0.3 is 12.1 Å². The van der Waals surface area contributed by atoms with Crippen molar-refractivity contribution in [2.45, 2.75) is 39.2 Å². The van der Waals surface area contributed by atoms with E-state index >= 15 is 0 Å².